The summed E-state index contributed by atoms with van der Waals surface area (Å²) in [4.78, 5) is 25.3. The minimum Gasteiger partial charge on any atom is -0.351 e. The number of hydrogen-bond acceptors (Lipinski definition) is 2. The Morgan fingerprint density at radius 2 is 1.65 bits per heavy atom. The summed E-state index contributed by atoms with van der Waals surface area (Å²) in [6.07, 6.45) is 0.775. The largest absolute Gasteiger partial charge is 0.351 e. The highest BCUT2D eigenvalue weighted by molar-refractivity contribution is 6.10. The second-order valence-corrected chi connectivity index (χ2v) is 6.82. The summed E-state index contributed by atoms with van der Waals surface area (Å²) < 4.78 is 13.7. The van der Waals surface area contributed by atoms with E-state index in [2.05, 4.69) is 10.6 Å². The van der Waals surface area contributed by atoms with Gasteiger partial charge in [0, 0.05) is 17.8 Å². The first kappa shape index (κ1) is 19.6. The molecule has 2 aromatic rings. The minimum atomic E-state index is -1.29. The third kappa shape index (κ3) is 4.28. The van der Waals surface area contributed by atoms with Crippen LogP contribution in [0.2, 0.25) is 0 Å². The number of para-hydroxylation sites is 1. The van der Waals surface area contributed by atoms with Crippen LogP contribution < -0.4 is 10.6 Å². The van der Waals surface area contributed by atoms with E-state index in [0.717, 1.165) is 23.2 Å². The summed E-state index contributed by atoms with van der Waals surface area (Å²) in [6, 6.07) is 12.0. The number of aryl methyl sites for hydroxylation is 2. The molecule has 5 heteroatoms. The first-order valence-electron chi connectivity index (χ1n) is 8.69. The van der Waals surface area contributed by atoms with E-state index in [1.54, 1.807) is 32.0 Å². The lowest BCUT2D eigenvalue weighted by Gasteiger charge is -2.24. The Hall–Kier alpha value is -2.69. The van der Waals surface area contributed by atoms with Gasteiger partial charge < -0.3 is 10.6 Å². The molecule has 0 unspecified atom stereocenters. The van der Waals surface area contributed by atoms with Crippen molar-refractivity contribution in [1.82, 2.24) is 5.32 Å². The predicted molar refractivity (Wildman–Crippen MR) is 101 cm³/mol. The summed E-state index contributed by atoms with van der Waals surface area (Å²) >= 11 is 0. The Labute approximate surface area is 153 Å². The number of amides is 2. The van der Waals surface area contributed by atoms with E-state index >= 15 is 0 Å². The van der Waals surface area contributed by atoms with E-state index in [0.29, 0.717) is 5.56 Å². The topological polar surface area (TPSA) is 58.2 Å². The van der Waals surface area contributed by atoms with Crippen LogP contribution in [0.5, 0.6) is 0 Å². The second-order valence-electron chi connectivity index (χ2n) is 6.82. The molecule has 0 aliphatic heterocycles. The number of benzene rings is 2. The summed E-state index contributed by atoms with van der Waals surface area (Å²) in [5.74, 6) is -1.24. The molecule has 138 valence electrons. The number of carbonyl (C=O) groups is 2. The molecule has 2 N–H and O–H groups in total. The summed E-state index contributed by atoms with van der Waals surface area (Å²) in [5.41, 5.74) is 1.79. The average Bonchev–Trinajstić information content (AvgIpc) is 2.62. The highest BCUT2D eigenvalue weighted by Gasteiger charge is 2.36. The van der Waals surface area contributed by atoms with E-state index in [1.165, 1.54) is 6.07 Å². The van der Waals surface area contributed by atoms with Gasteiger partial charge in [0.1, 0.15) is 11.2 Å². The molecule has 0 saturated heterocycles. The van der Waals surface area contributed by atoms with E-state index in [1.807, 2.05) is 32.0 Å². The standard InChI is InChI=1S/C21H25FN2O2/c1-5-15-11-8-9-14(2)18(15)24-20(26)21(3,4)19(25)23-13-16-10-6-7-12-17(16)22/h6-12H,5,13H2,1-4H3,(H,23,25)(H,24,26). The third-order valence-electron chi connectivity index (χ3n) is 4.51. The van der Waals surface area contributed by atoms with Crippen molar-refractivity contribution in [3.63, 3.8) is 0 Å². The van der Waals surface area contributed by atoms with Crippen LogP contribution in [0.15, 0.2) is 42.5 Å². The van der Waals surface area contributed by atoms with Gasteiger partial charge in [-0.15, -0.1) is 0 Å². The summed E-state index contributed by atoms with van der Waals surface area (Å²) in [7, 11) is 0. The molecule has 0 aliphatic carbocycles. The van der Waals surface area contributed by atoms with Crippen LogP contribution in [0.3, 0.4) is 0 Å². The SMILES string of the molecule is CCc1cccc(C)c1NC(=O)C(C)(C)C(=O)NCc1ccccc1F. The zero-order chi connectivity index (χ0) is 19.3. The van der Waals surface area contributed by atoms with Crippen LogP contribution in [0.4, 0.5) is 10.1 Å². The van der Waals surface area contributed by atoms with Gasteiger partial charge in [0.2, 0.25) is 11.8 Å². The highest BCUT2D eigenvalue weighted by Crippen LogP contribution is 2.25. The summed E-state index contributed by atoms with van der Waals surface area (Å²) in [6.45, 7) is 7.08. The van der Waals surface area contributed by atoms with Crippen molar-refractivity contribution in [2.45, 2.75) is 40.7 Å². The normalized spacial score (nSPS) is 11.1. The van der Waals surface area contributed by atoms with Crippen LogP contribution >= 0.6 is 0 Å². The Bertz CT molecular complexity index is 815. The smallest absolute Gasteiger partial charge is 0.239 e. The van der Waals surface area contributed by atoms with Gasteiger partial charge >= 0.3 is 0 Å². The van der Waals surface area contributed by atoms with Gasteiger partial charge in [-0.25, -0.2) is 4.39 Å². The number of nitrogens with one attached hydrogen (secondary N) is 2. The zero-order valence-corrected chi connectivity index (χ0v) is 15.7. The van der Waals surface area contributed by atoms with Crippen molar-refractivity contribution >= 4 is 17.5 Å². The Morgan fingerprint density at radius 3 is 2.31 bits per heavy atom. The van der Waals surface area contributed by atoms with E-state index < -0.39 is 17.2 Å². The number of carbonyl (C=O) groups excluding carboxylic acids is 2. The molecule has 0 fully saturated rings. The maximum Gasteiger partial charge on any atom is 0.239 e. The maximum atomic E-state index is 13.7. The van der Waals surface area contributed by atoms with Crippen LogP contribution in [-0.2, 0) is 22.6 Å². The van der Waals surface area contributed by atoms with Gasteiger partial charge in [0.25, 0.3) is 0 Å². The average molecular weight is 356 g/mol. The third-order valence-corrected chi connectivity index (χ3v) is 4.51. The fraction of sp³-hybridized carbons (Fsp3) is 0.333. The van der Waals surface area contributed by atoms with Crippen molar-refractivity contribution in [1.29, 1.82) is 0 Å². The molecule has 2 amide bonds. The van der Waals surface area contributed by atoms with Gasteiger partial charge in [0.15, 0.2) is 0 Å². The Balaban J connectivity index is 2.10. The first-order valence-corrected chi connectivity index (χ1v) is 8.69. The van der Waals surface area contributed by atoms with Crippen LogP contribution in [0, 0.1) is 18.2 Å². The molecule has 2 aromatic carbocycles. The van der Waals surface area contributed by atoms with E-state index in [4.69, 9.17) is 0 Å². The molecule has 2 rings (SSSR count). The van der Waals surface area contributed by atoms with E-state index in [-0.39, 0.29) is 12.4 Å². The van der Waals surface area contributed by atoms with Gasteiger partial charge in [0.05, 0.1) is 0 Å². The Kier molecular flexibility index (Phi) is 6.14. The fourth-order valence-electron chi connectivity index (χ4n) is 2.61. The van der Waals surface area contributed by atoms with Crippen molar-refractivity contribution in [2.24, 2.45) is 5.41 Å². The zero-order valence-electron chi connectivity index (χ0n) is 15.7. The molecule has 26 heavy (non-hydrogen) atoms. The molecule has 0 radical (unpaired) electrons. The summed E-state index contributed by atoms with van der Waals surface area (Å²) in [5, 5.41) is 5.54. The predicted octanol–water partition coefficient (Wildman–Crippen LogP) is 3.98. The van der Waals surface area contributed by atoms with Crippen molar-refractivity contribution in [3.05, 3.63) is 65.0 Å². The molecule has 0 heterocycles. The number of hydrogen-bond donors (Lipinski definition) is 2. The van der Waals surface area contributed by atoms with Crippen molar-refractivity contribution in [2.75, 3.05) is 5.32 Å². The molecular formula is C21H25FN2O2. The van der Waals surface area contributed by atoms with Crippen molar-refractivity contribution in [3.8, 4) is 0 Å². The van der Waals surface area contributed by atoms with Gasteiger partial charge in [-0.1, -0.05) is 43.3 Å². The molecule has 0 bridgehead atoms. The monoisotopic (exact) mass is 356 g/mol. The van der Waals surface area contributed by atoms with Gasteiger partial charge in [-0.05, 0) is 44.4 Å². The quantitative estimate of drug-likeness (QED) is 0.769. The van der Waals surface area contributed by atoms with Crippen LogP contribution in [0.1, 0.15) is 37.5 Å². The molecular weight excluding hydrogens is 331 g/mol. The maximum absolute atomic E-state index is 13.7. The van der Waals surface area contributed by atoms with E-state index in [9.17, 15) is 14.0 Å². The van der Waals surface area contributed by atoms with Crippen molar-refractivity contribution < 1.29 is 14.0 Å². The van der Waals surface area contributed by atoms with Gasteiger partial charge in [-0.2, -0.15) is 0 Å². The Morgan fingerprint density at radius 1 is 1.00 bits per heavy atom. The number of rotatable bonds is 6. The second kappa shape index (κ2) is 8.13. The molecule has 4 nitrogen and oxygen atoms in total. The highest BCUT2D eigenvalue weighted by atomic mass is 19.1. The number of anilines is 1. The molecule has 0 atom stereocenters. The molecule has 0 aromatic heterocycles. The lowest BCUT2D eigenvalue weighted by molar-refractivity contribution is -0.138. The molecule has 0 aliphatic rings. The number of halogens is 1. The molecule has 0 saturated carbocycles. The first-order chi connectivity index (χ1) is 12.3. The van der Waals surface area contributed by atoms with Gasteiger partial charge in [-0.3, -0.25) is 9.59 Å². The lowest BCUT2D eigenvalue weighted by atomic mass is 9.90. The molecule has 0 spiro atoms. The van der Waals surface area contributed by atoms with Crippen LogP contribution in [-0.4, -0.2) is 11.8 Å². The van der Waals surface area contributed by atoms with Crippen LogP contribution in [0.25, 0.3) is 0 Å². The fourth-order valence-corrected chi connectivity index (χ4v) is 2.61. The lowest BCUT2D eigenvalue weighted by Crippen LogP contribution is -2.45. The minimum absolute atomic E-state index is 0.0345.